The summed E-state index contributed by atoms with van der Waals surface area (Å²) in [5.41, 5.74) is 1.31. The smallest absolute Gasteiger partial charge is 0.339 e. The summed E-state index contributed by atoms with van der Waals surface area (Å²) in [4.78, 5) is 16.0. The van der Waals surface area contributed by atoms with Gasteiger partial charge in [0.05, 0.1) is 5.52 Å². The second-order valence-corrected chi connectivity index (χ2v) is 5.66. The van der Waals surface area contributed by atoms with E-state index in [0.29, 0.717) is 33.1 Å². The molecular weight excluding hydrogens is 332 g/mol. The molecule has 0 spiro atoms. The molecule has 6 nitrogen and oxygen atoms in total. The van der Waals surface area contributed by atoms with Gasteiger partial charge in [0.15, 0.2) is 11.5 Å². The van der Waals surface area contributed by atoms with Crippen LogP contribution in [0.4, 0.5) is 11.5 Å². The molecule has 0 unspecified atom stereocenters. The number of rotatable bonds is 3. The third-order valence-electron chi connectivity index (χ3n) is 3.63. The van der Waals surface area contributed by atoms with Crippen LogP contribution in [0.15, 0.2) is 42.5 Å². The highest BCUT2D eigenvalue weighted by Gasteiger charge is 2.19. The van der Waals surface area contributed by atoms with E-state index in [2.05, 4.69) is 10.3 Å². The maximum Gasteiger partial charge on any atom is 0.339 e. The molecular formula is C17H11ClN2O4. The van der Waals surface area contributed by atoms with E-state index in [9.17, 15) is 9.90 Å². The molecule has 24 heavy (non-hydrogen) atoms. The summed E-state index contributed by atoms with van der Waals surface area (Å²) >= 11 is 5.97. The molecule has 4 rings (SSSR count). The van der Waals surface area contributed by atoms with Crippen LogP contribution in [0, 0.1) is 0 Å². The van der Waals surface area contributed by atoms with E-state index in [1.54, 1.807) is 42.5 Å². The summed E-state index contributed by atoms with van der Waals surface area (Å²) < 4.78 is 10.7. The Balaban J connectivity index is 1.85. The van der Waals surface area contributed by atoms with Crippen LogP contribution in [-0.2, 0) is 0 Å². The van der Waals surface area contributed by atoms with Gasteiger partial charge in [0.25, 0.3) is 0 Å². The average Bonchev–Trinajstić information content (AvgIpc) is 2.99. The van der Waals surface area contributed by atoms with E-state index in [1.807, 2.05) is 0 Å². The Labute approximate surface area is 141 Å². The molecule has 0 saturated carbocycles. The minimum Gasteiger partial charge on any atom is -0.478 e. The van der Waals surface area contributed by atoms with Gasteiger partial charge in [-0.15, -0.1) is 0 Å². The van der Waals surface area contributed by atoms with Crippen molar-refractivity contribution in [3.8, 4) is 11.5 Å². The third-order valence-corrected chi connectivity index (χ3v) is 3.86. The maximum atomic E-state index is 11.6. The van der Waals surface area contributed by atoms with Gasteiger partial charge in [-0.25, -0.2) is 9.78 Å². The van der Waals surface area contributed by atoms with E-state index < -0.39 is 5.97 Å². The Bertz CT molecular complexity index is 974. The molecule has 1 aromatic heterocycles. The number of nitrogens with one attached hydrogen (secondary N) is 1. The highest BCUT2D eigenvalue weighted by molar-refractivity contribution is 6.30. The Morgan fingerprint density at radius 1 is 1.17 bits per heavy atom. The van der Waals surface area contributed by atoms with Crippen LogP contribution in [0.5, 0.6) is 11.5 Å². The Hall–Kier alpha value is -2.99. The van der Waals surface area contributed by atoms with Gasteiger partial charge in [-0.05, 0) is 30.3 Å². The molecule has 0 aliphatic carbocycles. The molecule has 1 aliphatic rings. The lowest BCUT2D eigenvalue weighted by atomic mass is 10.1. The van der Waals surface area contributed by atoms with Gasteiger partial charge in [-0.3, -0.25) is 0 Å². The molecule has 0 bridgehead atoms. The molecule has 2 aromatic carbocycles. The van der Waals surface area contributed by atoms with Crippen LogP contribution in [-0.4, -0.2) is 22.9 Å². The number of halogens is 1. The molecule has 0 atom stereocenters. The fourth-order valence-corrected chi connectivity index (χ4v) is 2.72. The first-order chi connectivity index (χ1) is 11.6. The molecule has 1 aliphatic heterocycles. The Morgan fingerprint density at radius 3 is 2.71 bits per heavy atom. The highest BCUT2D eigenvalue weighted by Crippen LogP contribution is 2.37. The van der Waals surface area contributed by atoms with Crippen molar-refractivity contribution in [3.63, 3.8) is 0 Å². The van der Waals surface area contributed by atoms with Gasteiger partial charge >= 0.3 is 5.97 Å². The summed E-state index contributed by atoms with van der Waals surface area (Å²) in [7, 11) is 0. The van der Waals surface area contributed by atoms with Crippen molar-refractivity contribution in [3.05, 3.63) is 53.1 Å². The van der Waals surface area contributed by atoms with Gasteiger partial charge in [0.1, 0.15) is 11.4 Å². The lowest BCUT2D eigenvalue weighted by Crippen LogP contribution is -2.05. The van der Waals surface area contributed by atoms with Crippen molar-refractivity contribution in [1.29, 1.82) is 0 Å². The number of carboxylic acid groups (broad SMARTS) is 1. The number of ether oxygens (including phenoxy) is 2. The molecule has 0 saturated heterocycles. The first kappa shape index (κ1) is 14.6. The van der Waals surface area contributed by atoms with E-state index >= 15 is 0 Å². The minimum absolute atomic E-state index is 0.0568. The Kier molecular flexibility index (Phi) is 3.39. The standard InChI is InChI=1S/C17H11ClN2O4/c18-10-2-1-3-11(6-10)19-16-12(17(21)22)4-9-5-14-15(24-8-23-14)7-13(9)20-16/h1-7H,8H2,(H,19,20)(H,21,22). The molecule has 2 N–H and O–H groups in total. The quantitative estimate of drug-likeness (QED) is 0.747. The van der Waals surface area contributed by atoms with E-state index in [1.165, 1.54) is 0 Å². The first-order valence-corrected chi connectivity index (χ1v) is 7.48. The second-order valence-electron chi connectivity index (χ2n) is 5.22. The molecule has 0 amide bonds. The summed E-state index contributed by atoms with van der Waals surface area (Å²) in [6, 6.07) is 12.0. The fraction of sp³-hybridized carbons (Fsp3) is 0.0588. The fourth-order valence-electron chi connectivity index (χ4n) is 2.53. The van der Waals surface area contributed by atoms with E-state index in [4.69, 9.17) is 21.1 Å². The highest BCUT2D eigenvalue weighted by atomic mass is 35.5. The van der Waals surface area contributed by atoms with Crippen LogP contribution in [0.3, 0.4) is 0 Å². The first-order valence-electron chi connectivity index (χ1n) is 7.10. The number of hydrogen-bond acceptors (Lipinski definition) is 5. The topological polar surface area (TPSA) is 80.7 Å². The third kappa shape index (κ3) is 2.57. The minimum atomic E-state index is -1.08. The number of fused-ring (bicyclic) bond motifs is 2. The number of anilines is 2. The normalized spacial score (nSPS) is 12.4. The van der Waals surface area contributed by atoms with Gasteiger partial charge in [-0.2, -0.15) is 0 Å². The van der Waals surface area contributed by atoms with Crippen molar-refractivity contribution in [2.45, 2.75) is 0 Å². The molecule has 120 valence electrons. The van der Waals surface area contributed by atoms with Crippen LogP contribution < -0.4 is 14.8 Å². The number of nitrogens with zero attached hydrogens (tertiary/aromatic N) is 1. The predicted octanol–water partition coefficient (Wildman–Crippen LogP) is 4.06. The number of benzene rings is 2. The SMILES string of the molecule is O=C(O)c1cc2cc3c(cc2nc1Nc1cccc(Cl)c1)OCO3. The second kappa shape index (κ2) is 5.58. The lowest BCUT2D eigenvalue weighted by molar-refractivity contribution is 0.0698. The van der Waals surface area contributed by atoms with Crippen LogP contribution in [0.1, 0.15) is 10.4 Å². The van der Waals surface area contributed by atoms with Crippen LogP contribution >= 0.6 is 11.6 Å². The van der Waals surface area contributed by atoms with Crippen molar-refractivity contribution < 1.29 is 19.4 Å². The van der Waals surface area contributed by atoms with Crippen molar-refractivity contribution >= 4 is 40.0 Å². The summed E-state index contributed by atoms with van der Waals surface area (Å²) in [6.45, 7) is 0.144. The number of carbonyl (C=O) groups is 1. The van der Waals surface area contributed by atoms with E-state index in [0.717, 1.165) is 0 Å². The molecule has 3 aromatic rings. The van der Waals surface area contributed by atoms with Gasteiger partial charge in [-0.1, -0.05) is 17.7 Å². The summed E-state index contributed by atoms with van der Waals surface area (Å²) in [6.07, 6.45) is 0. The van der Waals surface area contributed by atoms with Crippen molar-refractivity contribution in [2.75, 3.05) is 12.1 Å². The number of hydrogen-bond donors (Lipinski definition) is 2. The predicted molar refractivity (Wildman–Crippen MR) is 89.6 cm³/mol. The van der Waals surface area contributed by atoms with Crippen molar-refractivity contribution in [2.24, 2.45) is 0 Å². The average molecular weight is 343 g/mol. The zero-order valence-corrected chi connectivity index (χ0v) is 13.0. The van der Waals surface area contributed by atoms with Gasteiger partial charge in [0.2, 0.25) is 6.79 Å². The van der Waals surface area contributed by atoms with Gasteiger partial charge in [0, 0.05) is 22.2 Å². The zero-order chi connectivity index (χ0) is 16.7. The molecule has 7 heteroatoms. The summed E-state index contributed by atoms with van der Waals surface area (Å²) in [5, 5.41) is 13.7. The van der Waals surface area contributed by atoms with Crippen molar-refractivity contribution in [1.82, 2.24) is 4.98 Å². The summed E-state index contributed by atoms with van der Waals surface area (Å²) in [5.74, 6) is 0.325. The monoisotopic (exact) mass is 342 g/mol. The number of pyridine rings is 1. The Morgan fingerprint density at radius 2 is 1.96 bits per heavy atom. The number of aromatic nitrogens is 1. The van der Waals surface area contributed by atoms with Crippen LogP contribution in [0.2, 0.25) is 5.02 Å². The maximum absolute atomic E-state index is 11.6. The lowest BCUT2D eigenvalue weighted by Gasteiger charge is -2.11. The molecule has 2 heterocycles. The molecule has 0 radical (unpaired) electrons. The van der Waals surface area contributed by atoms with Gasteiger partial charge < -0.3 is 19.9 Å². The van der Waals surface area contributed by atoms with E-state index in [-0.39, 0.29) is 18.2 Å². The number of aromatic carboxylic acids is 1. The molecule has 0 fully saturated rings. The zero-order valence-electron chi connectivity index (χ0n) is 12.2. The largest absolute Gasteiger partial charge is 0.478 e. The van der Waals surface area contributed by atoms with Crippen LogP contribution in [0.25, 0.3) is 10.9 Å². The number of carboxylic acids is 1.